The number of halogens is 1. The average Bonchev–Trinajstić information content (AvgIpc) is 2.71. The monoisotopic (exact) mass is 229 g/mol. The second-order valence-corrected chi connectivity index (χ2v) is 5.53. The highest BCUT2D eigenvalue weighted by Crippen LogP contribution is 2.28. The maximum absolute atomic E-state index is 11.9. The Morgan fingerprint density at radius 1 is 1.13 bits per heavy atom. The Kier molecular flexibility index (Phi) is 3.90. The van der Waals surface area contributed by atoms with Crippen LogP contribution in [0.3, 0.4) is 0 Å². The third-order valence-electron chi connectivity index (χ3n) is 3.72. The van der Waals surface area contributed by atoms with Gasteiger partial charge >= 0.3 is 0 Å². The fourth-order valence-corrected chi connectivity index (χ4v) is 2.88. The Morgan fingerprint density at radius 3 is 2.33 bits per heavy atom. The molecule has 1 aliphatic heterocycles. The van der Waals surface area contributed by atoms with Crippen molar-refractivity contribution in [3.8, 4) is 0 Å². The molecule has 1 aliphatic carbocycles. The van der Waals surface area contributed by atoms with E-state index < -0.39 is 0 Å². The molecule has 2 fully saturated rings. The van der Waals surface area contributed by atoms with Crippen LogP contribution in [0.25, 0.3) is 0 Å². The number of nitrogens with zero attached hydrogens (tertiary/aromatic N) is 1. The zero-order chi connectivity index (χ0) is 10.7. The summed E-state index contributed by atoms with van der Waals surface area (Å²) < 4.78 is 0. The molecular formula is C12H20ClNO. The van der Waals surface area contributed by atoms with Crippen LogP contribution in [0.1, 0.15) is 44.9 Å². The van der Waals surface area contributed by atoms with Crippen LogP contribution in [0.5, 0.6) is 0 Å². The fraction of sp³-hybridized carbons (Fsp3) is 0.917. The fourth-order valence-electron chi connectivity index (χ4n) is 2.69. The first-order chi connectivity index (χ1) is 7.25. The van der Waals surface area contributed by atoms with Gasteiger partial charge in [-0.15, -0.1) is 11.6 Å². The third-order valence-corrected chi connectivity index (χ3v) is 4.15. The standard InChI is InChI=1S/C12H20ClNO/c13-11-5-7-14(8-6-11)12(15)9-10-3-1-2-4-10/h10-11H,1-9H2. The molecule has 0 atom stereocenters. The first-order valence-corrected chi connectivity index (χ1v) is 6.61. The van der Waals surface area contributed by atoms with E-state index in [-0.39, 0.29) is 0 Å². The Labute approximate surface area is 97.0 Å². The molecule has 3 heteroatoms. The molecule has 1 saturated heterocycles. The van der Waals surface area contributed by atoms with E-state index in [1.54, 1.807) is 0 Å². The first-order valence-electron chi connectivity index (χ1n) is 6.17. The highest BCUT2D eigenvalue weighted by Gasteiger charge is 2.24. The summed E-state index contributed by atoms with van der Waals surface area (Å²) in [6.45, 7) is 1.75. The molecule has 0 unspecified atom stereocenters. The van der Waals surface area contributed by atoms with Crippen LogP contribution in [0.2, 0.25) is 0 Å². The molecule has 0 spiro atoms. The van der Waals surface area contributed by atoms with E-state index in [2.05, 4.69) is 0 Å². The summed E-state index contributed by atoms with van der Waals surface area (Å²) in [5, 5.41) is 0.292. The molecule has 15 heavy (non-hydrogen) atoms. The summed E-state index contributed by atoms with van der Waals surface area (Å²) in [6.07, 6.45) is 7.89. The molecule has 86 valence electrons. The van der Waals surface area contributed by atoms with Gasteiger partial charge in [-0.3, -0.25) is 4.79 Å². The topological polar surface area (TPSA) is 20.3 Å². The summed E-state index contributed by atoms with van der Waals surface area (Å²) >= 11 is 6.02. The molecule has 0 aromatic carbocycles. The third kappa shape index (κ3) is 3.10. The van der Waals surface area contributed by atoms with E-state index in [4.69, 9.17) is 11.6 Å². The van der Waals surface area contributed by atoms with Crippen molar-refractivity contribution in [2.45, 2.75) is 50.3 Å². The van der Waals surface area contributed by atoms with Crippen molar-refractivity contribution in [2.24, 2.45) is 5.92 Å². The second kappa shape index (κ2) is 5.20. The number of carbonyl (C=O) groups is 1. The summed E-state index contributed by atoms with van der Waals surface area (Å²) in [6, 6.07) is 0. The summed E-state index contributed by atoms with van der Waals surface area (Å²) in [5.74, 6) is 1.04. The minimum absolute atomic E-state index is 0.292. The number of amides is 1. The van der Waals surface area contributed by atoms with Gasteiger partial charge in [0.15, 0.2) is 0 Å². The number of rotatable bonds is 2. The van der Waals surface area contributed by atoms with Crippen LogP contribution >= 0.6 is 11.6 Å². The Balaban J connectivity index is 1.75. The summed E-state index contributed by atoms with van der Waals surface area (Å²) in [7, 11) is 0. The molecule has 0 bridgehead atoms. The molecule has 2 aliphatic rings. The first kappa shape index (κ1) is 11.3. The molecule has 0 aromatic heterocycles. The highest BCUT2D eigenvalue weighted by molar-refractivity contribution is 6.20. The van der Waals surface area contributed by atoms with Crippen molar-refractivity contribution in [1.82, 2.24) is 4.90 Å². The predicted molar refractivity (Wildman–Crippen MR) is 62.0 cm³/mol. The molecular weight excluding hydrogens is 210 g/mol. The highest BCUT2D eigenvalue weighted by atomic mass is 35.5. The van der Waals surface area contributed by atoms with Crippen LogP contribution in [0.15, 0.2) is 0 Å². The molecule has 0 aromatic rings. The minimum atomic E-state index is 0.292. The van der Waals surface area contributed by atoms with Gasteiger partial charge in [0.25, 0.3) is 0 Å². The van der Waals surface area contributed by atoms with Crippen molar-refractivity contribution in [2.75, 3.05) is 13.1 Å². The van der Waals surface area contributed by atoms with Gasteiger partial charge in [0.2, 0.25) is 5.91 Å². The Morgan fingerprint density at radius 2 is 1.73 bits per heavy atom. The van der Waals surface area contributed by atoms with Crippen LogP contribution in [0.4, 0.5) is 0 Å². The number of alkyl halides is 1. The van der Waals surface area contributed by atoms with Crippen molar-refractivity contribution >= 4 is 17.5 Å². The van der Waals surface area contributed by atoms with Crippen molar-refractivity contribution in [3.05, 3.63) is 0 Å². The normalized spacial score (nSPS) is 24.7. The van der Waals surface area contributed by atoms with Crippen LogP contribution in [0, 0.1) is 5.92 Å². The van der Waals surface area contributed by atoms with Gasteiger partial charge in [-0.1, -0.05) is 12.8 Å². The predicted octanol–water partition coefficient (Wildman–Crippen LogP) is 2.80. The van der Waals surface area contributed by atoms with Gasteiger partial charge in [0, 0.05) is 24.9 Å². The maximum Gasteiger partial charge on any atom is 0.222 e. The lowest BCUT2D eigenvalue weighted by atomic mass is 10.0. The average molecular weight is 230 g/mol. The number of carbonyl (C=O) groups excluding carboxylic acids is 1. The largest absolute Gasteiger partial charge is 0.343 e. The summed E-state index contributed by atoms with van der Waals surface area (Å²) in [5.41, 5.74) is 0. The number of hydrogen-bond donors (Lipinski definition) is 0. The zero-order valence-corrected chi connectivity index (χ0v) is 10.0. The molecule has 0 radical (unpaired) electrons. The smallest absolute Gasteiger partial charge is 0.222 e. The quantitative estimate of drug-likeness (QED) is 0.667. The molecule has 1 amide bonds. The van der Waals surface area contributed by atoms with Crippen molar-refractivity contribution < 1.29 is 4.79 Å². The summed E-state index contributed by atoms with van der Waals surface area (Å²) in [4.78, 5) is 14.0. The number of hydrogen-bond acceptors (Lipinski definition) is 1. The molecule has 2 rings (SSSR count). The molecule has 1 heterocycles. The maximum atomic E-state index is 11.9. The molecule has 2 nitrogen and oxygen atoms in total. The van der Waals surface area contributed by atoms with Crippen molar-refractivity contribution in [1.29, 1.82) is 0 Å². The molecule has 1 saturated carbocycles. The van der Waals surface area contributed by atoms with E-state index in [0.29, 0.717) is 17.2 Å². The number of piperidine rings is 1. The van der Waals surface area contributed by atoms with Gasteiger partial charge in [-0.25, -0.2) is 0 Å². The van der Waals surface area contributed by atoms with E-state index in [1.165, 1.54) is 25.7 Å². The van der Waals surface area contributed by atoms with Gasteiger partial charge in [-0.2, -0.15) is 0 Å². The van der Waals surface area contributed by atoms with Gasteiger partial charge in [0.05, 0.1) is 0 Å². The van der Waals surface area contributed by atoms with Gasteiger partial charge < -0.3 is 4.90 Å². The van der Waals surface area contributed by atoms with Crippen molar-refractivity contribution in [3.63, 3.8) is 0 Å². The number of likely N-dealkylation sites (tertiary alicyclic amines) is 1. The Bertz CT molecular complexity index is 218. The van der Waals surface area contributed by atoms with E-state index in [1.807, 2.05) is 4.90 Å². The lowest BCUT2D eigenvalue weighted by Gasteiger charge is -2.30. The zero-order valence-electron chi connectivity index (χ0n) is 9.25. The van der Waals surface area contributed by atoms with Gasteiger partial charge in [-0.05, 0) is 31.6 Å². The second-order valence-electron chi connectivity index (χ2n) is 4.91. The lowest BCUT2D eigenvalue weighted by molar-refractivity contribution is -0.133. The van der Waals surface area contributed by atoms with Crippen LogP contribution in [-0.2, 0) is 4.79 Å². The Hall–Kier alpha value is -0.240. The van der Waals surface area contributed by atoms with Crippen LogP contribution < -0.4 is 0 Å². The van der Waals surface area contributed by atoms with E-state index >= 15 is 0 Å². The lowest BCUT2D eigenvalue weighted by Crippen LogP contribution is -2.39. The SMILES string of the molecule is O=C(CC1CCCC1)N1CCC(Cl)CC1. The van der Waals surface area contributed by atoms with E-state index in [0.717, 1.165) is 32.4 Å². The minimum Gasteiger partial charge on any atom is -0.343 e. The molecule has 0 N–H and O–H groups in total. The van der Waals surface area contributed by atoms with E-state index in [9.17, 15) is 4.79 Å². The van der Waals surface area contributed by atoms with Gasteiger partial charge in [0.1, 0.15) is 0 Å². The van der Waals surface area contributed by atoms with Crippen LogP contribution in [-0.4, -0.2) is 29.3 Å².